The van der Waals surface area contributed by atoms with Crippen molar-refractivity contribution >= 4 is 43.9 Å². The summed E-state index contributed by atoms with van der Waals surface area (Å²) in [4.78, 5) is 0. The van der Waals surface area contributed by atoms with Gasteiger partial charge in [-0.05, 0) is 60.1 Å². The average molecular weight is 511 g/mol. The third-order valence-corrected chi connectivity index (χ3v) is 8.33. The summed E-state index contributed by atoms with van der Waals surface area (Å²) in [7, 11) is 0. The highest BCUT2D eigenvalue weighted by Gasteiger charge is 2.16. The van der Waals surface area contributed by atoms with E-state index in [-0.39, 0.29) is 0 Å². The van der Waals surface area contributed by atoms with Gasteiger partial charge in [0.2, 0.25) is 0 Å². The molecule has 0 amide bonds. The van der Waals surface area contributed by atoms with Crippen molar-refractivity contribution in [2.24, 2.45) is 11.8 Å². The highest BCUT2D eigenvalue weighted by Crippen LogP contribution is 2.37. The Morgan fingerprint density at radius 3 is 1.32 bits per heavy atom. The Hall–Kier alpha value is -3.00. The molecule has 202 valence electrons. The minimum Gasteiger partial charge on any atom is -0.456 e. The minimum absolute atomic E-state index is 0.754. The predicted octanol–water partition coefficient (Wildman–Crippen LogP) is 11.8. The van der Waals surface area contributed by atoms with E-state index in [0.717, 1.165) is 57.8 Å². The largest absolute Gasteiger partial charge is 0.456 e. The highest BCUT2D eigenvalue weighted by atomic mass is 16.3. The summed E-state index contributed by atoms with van der Waals surface area (Å²) >= 11 is 0. The lowest BCUT2D eigenvalue weighted by atomic mass is 9.91. The maximum Gasteiger partial charge on any atom is 0.136 e. The number of furan rings is 2. The Balaban J connectivity index is 0.00000164. The normalized spacial score (nSPS) is 13.3. The van der Waals surface area contributed by atoms with Crippen molar-refractivity contribution in [3.63, 3.8) is 0 Å². The zero-order chi connectivity index (χ0) is 27.1. The molecule has 0 fully saturated rings. The minimum atomic E-state index is 0.754. The van der Waals surface area contributed by atoms with Gasteiger partial charge in [-0.1, -0.05) is 103 Å². The number of fused-ring (bicyclic) bond motifs is 6. The van der Waals surface area contributed by atoms with Gasteiger partial charge in [-0.25, -0.2) is 0 Å². The summed E-state index contributed by atoms with van der Waals surface area (Å²) in [6, 6.07) is 18.0. The standard InChI is InChI=1S/C34H42O2.C2H4/c1-5-9-11-23(7-3)17-25-13-15-27-29-21-34-30(22-33(29)35-31(27)19-25)28-16-14-26(20-32(28)36-34)18-24(8-4)12-10-6-2;1-2/h13-16,19-24H,5-12,17-18H2,1-4H3;1-2H2. The highest BCUT2D eigenvalue weighted by molar-refractivity contribution is 6.14. The van der Waals surface area contributed by atoms with Crippen molar-refractivity contribution in [1.82, 2.24) is 0 Å². The summed E-state index contributed by atoms with van der Waals surface area (Å²) in [6.45, 7) is 15.2. The van der Waals surface area contributed by atoms with Crippen LogP contribution in [-0.2, 0) is 12.8 Å². The molecule has 0 saturated carbocycles. The lowest BCUT2D eigenvalue weighted by molar-refractivity contribution is 0.449. The van der Waals surface area contributed by atoms with E-state index >= 15 is 0 Å². The summed E-state index contributed by atoms with van der Waals surface area (Å²) < 4.78 is 12.8. The van der Waals surface area contributed by atoms with Gasteiger partial charge >= 0.3 is 0 Å². The van der Waals surface area contributed by atoms with Crippen LogP contribution in [0.1, 0.15) is 90.2 Å². The molecule has 2 aromatic heterocycles. The SMILES string of the molecule is C=C.CCCCC(CC)Cc1ccc2c(c1)oc1cc3c(cc12)oc1cc(CC(CC)CCCC)ccc13. The topological polar surface area (TPSA) is 26.3 Å². The first kappa shape index (κ1) is 28.0. The zero-order valence-corrected chi connectivity index (χ0v) is 24.1. The fourth-order valence-electron chi connectivity index (χ4n) is 5.94. The van der Waals surface area contributed by atoms with E-state index in [1.807, 2.05) is 0 Å². The van der Waals surface area contributed by atoms with Crippen LogP contribution in [0.2, 0.25) is 0 Å². The van der Waals surface area contributed by atoms with Gasteiger partial charge in [0.15, 0.2) is 0 Å². The lowest BCUT2D eigenvalue weighted by Crippen LogP contribution is -2.03. The molecule has 5 aromatic rings. The van der Waals surface area contributed by atoms with Crippen LogP contribution in [0.3, 0.4) is 0 Å². The Bertz CT molecular complexity index is 1360. The molecule has 0 N–H and O–H groups in total. The second kappa shape index (κ2) is 13.2. The van der Waals surface area contributed by atoms with Crippen LogP contribution in [0.4, 0.5) is 0 Å². The number of unbranched alkanes of at least 4 members (excludes halogenated alkanes) is 2. The second-order valence-electron chi connectivity index (χ2n) is 11.0. The number of benzene rings is 3. The molecule has 0 bridgehead atoms. The molecule has 2 heterocycles. The zero-order valence-electron chi connectivity index (χ0n) is 24.1. The summed E-state index contributed by atoms with van der Waals surface area (Å²) in [6.07, 6.45) is 12.6. The third-order valence-electron chi connectivity index (χ3n) is 8.33. The van der Waals surface area contributed by atoms with Gasteiger partial charge < -0.3 is 8.83 Å². The van der Waals surface area contributed by atoms with Crippen molar-refractivity contribution in [1.29, 1.82) is 0 Å². The van der Waals surface area contributed by atoms with Gasteiger partial charge in [0.05, 0.1) is 0 Å². The fraction of sp³-hybridized carbons (Fsp3) is 0.444. The molecule has 2 heteroatoms. The van der Waals surface area contributed by atoms with E-state index in [0.29, 0.717) is 0 Å². The molecule has 5 rings (SSSR count). The van der Waals surface area contributed by atoms with Crippen LogP contribution in [0.25, 0.3) is 43.9 Å². The summed E-state index contributed by atoms with van der Waals surface area (Å²) in [5.41, 5.74) is 6.65. The molecule has 0 spiro atoms. The number of hydrogen-bond donors (Lipinski definition) is 0. The van der Waals surface area contributed by atoms with Crippen LogP contribution in [0.5, 0.6) is 0 Å². The Kier molecular flexibility index (Phi) is 9.72. The molecule has 2 unspecified atom stereocenters. The monoisotopic (exact) mass is 510 g/mol. The second-order valence-corrected chi connectivity index (χ2v) is 11.0. The fourth-order valence-corrected chi connectivity index (χ4v) is 5.94. The lowest BCUT2D eigenvalue weighted by Gasteiger charge is -2.14. The molecule has 0 aliphatic carbocycles. The maximum absolute atomic E-state index is 6.40. The number of hydrogen-bond acceptors (Lipinski definition) is 2. The maximum atomic E-state index is 6.40. The molecular formula is C36H46O2. The Morgan fingerprint density at radius 1 is 0.553 bits per heavy atom. The van der Waals surface area contributed by atoms with Crippen LogP contribution < -0.4 is 0 Å². The van der Waals surface area contributed by atoms with E-state index < -0.39 is 0 Å². The van der Waals surface area contributed by atoms with Gasteiger partial charge in [-0.15, -0.1) is 13.2 Å². The Labute approximate surface area is 229 Å². The molecule has 2 atom stereocenters. The van der Waals surface area contributed by atoms with E-state index in [2.05, 4.69) is 89.4 Å². The first-order valence-electron chi connectivity index (χ1n) is 14.9. The molecule has 3 aromatic carbocycles. The van der Waals surface area contributed by atoms with Crippen LogP contribution in [0.15, 0.2) is 70.5 Å². The summed E-state index contributed by atoms with van der Waals surface area (Å²) in [5.74, 6) is 1.51. The van der Waals surface area contributed by atoms with E-state index in [4.69, 9.17) is 8.83 Å². The van der Waals surface area contributed by atoms with Gasteiger partial charge in [-0.3, -0.25) is 0 Å². The first-order chi connectivity index (χ1) is 18.6. The van der Waals surface area contributed by atoms with Crippen LogP contribution in [0, 0.1) is 11.8 Å². The quantitative estimate of drug-likeness (QED) is 0.156. The molecule has 0 saturated heterocycles. The van der Waals surface area contributed by atoms with Crippen molar-refractivity contribution in [2.45, 2.75) is 91.9 Å². The van der Waals surface area contributed by atoms with E-state index in [1.54, 1.807) is 0 Å². The van der Waals surface area contributed by atoms with E-state index in [9.17, 15) is 0 Å². The van der Waals surface area contributed by atoms with Gasteiger partial charge in [0.25, 0.3) is 0 Å². The van der Waals surface area contributed by atoms with Gasteiger partial charge in [-0.2, -0.15) is 0 Å². The molecule has 0 aliphatic rings. The van der Waals surface area contributed by atoms with E-state index in [1.165, 1.54) is 73.3 Å². The molecule has 0 radical (unpaired) electrons. The van der Waals surface area contributed by atoms with Crippen LogP contribution >= 0.6 is 0 Å². The van der Waals surface area contributed by atoms with Gasteiger partial charge in [0.1, 0.15) is 22.3 Å². The molecular weight excluding hydrogens is 464 g/mol. The Morgan fingerprint density at radius 2 is 0.947 bits per heavy atom. The predicted molar refractivity (Wildman–Crippen MR) is 166 cm³/mol. The first-order valence-corrected chi connectivity index (χ1v) is 14.9. The average Bonchev–Trinajstić information content (AvgIpc) is 3.49. The van der Waals surface area contributed by atoms with Crippen LogP contribution in [-0.4, -0.2) is 0 Å². The van der Waals surface area contributed by atoms with Crippen molar-refractivity contribution in [2.75, 3.05) is 0 Å². The number of rotatable bonds is 12. The molecule has 0 aliphatic heterocycles. The van der Waals surface area contributed by atoms with Crippen molar-refractivity contribution in [3.8, 4) is 0 Å². The molecule has 38 heavy (non-hydrogen) atoms. The molecule has 2 nitrogen and oxygen atoms in total. The third kappa shape index (κ3) is 6.01. The van der Waals surface area contributed by atoms with Gasteiger partial charge in [0, 0.05) is 21.5 Å². The smallest absolute Gasteiger partial charge is 0.136 e. The summed E-state index contributed by atoms with van der Waals surface area (Å²) in [5, 5.41) is 4.65. The van der Waals surface area contributed by atoms with Crippen molar-refractivity contribution in [3.05, 3.63) is 72.8 Å². The van der Waals surface area contributed by atoms with Crippen molar-refractivity contribution < 1.29 is 8.83 Å².